The number of nitrogens with zero attached hydrogens (tertiary/aromatic N) is 1. The van der Waals surface area contributed by atoms with Crippen LogP contribution in [0.15, 0.2) is 24.3 Å². The lowest BCUT2D eigenvalue weighted by Gasteiger charge is -2.34. The molecule has 1 aromatic rings. The minimum Gasteiger partial charge on any atom is -0.497 e. The van der Waals surface area contributed by atoms with Crippen LogP contribution in [0.2, 0.25) is 0 Å². The van der Waals surface area contributed by atoms with Gasteiger partial charge in [0.15, 0.2) is 0 Å². The number of epoxide rings is 1. The van der Waals surface area contributed by atoms with Crippen molar-refractivity contribution in [1.29, 1.82) is 0 Å². The predicted octanol–water partition coefficient (Wildman–Crippen LogP) is 2.65. The minimum absolute atomic E-state index is 0.126. The van der Waals surface area contributed by atoms with E-state index in [1.54, 1.807) is 7.11 Å². The van der Waals surface area contributed by atoms with Gasteiger partial charge in [-0.15, -0.1) is 0 Å². The van der Waals surface area contributed by atoms with Gasteiger partial charge in [0.2, 0.25) is 0 Å². The van der Waals surface area contributed by atoms with Crippen LogP contribution in [-0.4, -0.2) is 30.4 Å². The highest BCUT2D eigenvalue weighted by Gasteiger charge is 2.37. The monoisotopic (exact) mass is 235 g/mol. The number of ether oxygens (including phenoxy) is 2. The average Bonchev–Trinajstić information content (AvgIpc) is 3.09. The van der Waals surface area contributed by atoms with Crippen LogP contribution in [0, 0.1) is 0 Å². The first-order valence-electron chi connectivity index (χ1n) is 6.02. The Balaban J connectivity index is 2.06. The Morgan fingerprint density at radius 1 is 1.29 bits per heavy atom. The molecule has 1 saturated heterocycles. The zero-order chi connectivity index (χ0) is 12.5. The highest BCUT2D eigenvalue weighted by atomic mass is 16.6. The van der Waals surface area contributed by atoms with Crippen molar-refractivity contribution < 1.29 is 9.47 Å². The normalized spacial score (nSPS) is 19.5. The Morgan fingerprint density at radius 3 is 2.29 bits per heavy atom. The van der Waals surface area contributed by atoms with Crippen LogP contribution in [0.4, 0.5) is 0 Å². The maximum Gasteiger partial charge on any atom is 0.135 e. The highest BCUT2D eigenvalue weighted by molar-refractivity contribution is 5.27. The van der Waals surface area contributed by atoms with Gasteiger partial charge in [-0.05, 0) is 38.5 Å². The average molecular weight is 235 g/mol. The number of benzene rings is 1. The lowest BCUT2D eigenvalue weighted by molar-refractivity contribution is 0.0684. The molecule has 0 aromatic heterocycles. The molecule has 0 amide bonds. The summed E-state index contributed by atoms with van der Waals surface area (Å²) in [6.45, 7) is 8.43. The number of methoxy groups -OCH3 is 1. The SMILES string of the molecule is COc1ccc(CN(C2CO2)C(C)(C)C)cc1. The summed E-state index contributed by atoms with van der Waals surface area (Å²) in [4.78, 5) is 2.38. The fraction of sp³-hybridized carbons (Fsp3) is 0.571. The maximum absolute atomic E-state index is 5.42. The van der Waals surface area contributed by atoms with Crippen LogP contribution >= 0.6 is 0 Å². The summed E-state index contributed by atoms with van der Waals surface area (Å²) in [7, 11) is 1.69. The lowest BCUT2D eigenvalue weighted by Crippen LogP contribution is -2.42. The standard InChI is InChI=1S/C14H21NO2/c1-14(2,3)15(13-10-17-13)9-11-5-7-12(16-4)8-6-11/h5-8,13H,9-10H2,1-4H3. The van der Waals surface area contributed by atoms with Crippen LogP contribution < -0.4 is 4.74 Å². The largest absolute Gasteiger partial charge is 0.497 e. The van der Waals surface area contributed by atoms with Gasteiger partial charge in [0, 0.05) is 12.1 Å². The number of hydrogen-bond acceptors (Lipinski definition) is 3. The second-order valence-corrected chi connectivity index (χ2v) is 5.43. The van der Waals surface area contributed by atoms with Crippen molar-refractivity contribution in [2.24, 2.45) is 0 Å². The van der Waals surface area contributed by atoms with E-state index >= 15 is 0 Å². The molecule has 0 N–H and O–H groups in total. The Kier molecular flexibility index (Phi) is 3.40. The highest BCUT2D eigenvalue weighted by Crippen LogP contribution is 2.27. The molecule has 94 valence electrons. The van der Waals surface area contributed by atoms with Crippen molar-refractivity contribution in [3.63, 3.8) is 0 Å². The molecule has 3 nitrogen and oxygen atoms in total. The van der Waals surface area contributed by atoms with Gasteiger partial charge >= 0.3 is 0 Å². The van der Waals surface area contributed by atoms with Gasteiger partial charge in [-0.2, -0.15) is 0 Å². The van der Waals surface area contributed by atoms with Crippen molar-refractivity contribution in [2.45, 2.75) is 39.1 Å². The van der Waals surface area contributed by atoms with Crippen molar-refractivity contribution >= 4 is 0 Å². The summed E-state index contributed by atoms with van der Waals surface area (Å²) < 4.78 is 10.6. The third-order valence-electron chi connectivity index (χ3n) is 3.04. The van der Waals surface area contributed by atoms with Crippen molar-refractivity contribution in [1.82, 2.24) is 4.90 Å². The zero-order valence-electron chi connectivity index (χ0n) is 11.1. The first kappa shape index (κ1) is 12.4. The molecule has 1 aromatic carbocycles. The van der Waals surface area contributed by atoms with E-state index < -0.39 is 0 Å². The number of hydrogen-bond donors (Lipinski definition) is 0. The Labute approximate surface area is 103 Å². The molecule has 3 heteroatoms. The molecule has 1 aliphatic rings. The van der Waals surface area contributed by atoms with Crippen LogP contribution in [0.3, 0.4) is 0 Å². The van der Waals surface area contributed by atoms with E-state index in [2.05, 4.69) is 37.8 Å². The summed E-state index contributed by atoms with van der Waals surface area (Å²) in [5.74, 6) is 0.902. The van der Waals surface area contributed by atoms with Gasteiger partial charge in [-0.25, -0.2) is 0 Å². The van der Waals surface area contributed by atoms with E-state index in [1.165, 1.54) is 5.56 Å². The molecule has 1 aliphatic heterocycles. The quantitative estimate of drug-likeness (QED) is 0.750. The van der Waals surface area contributed by atoms with E-state index in [1.807, 2.05) is 12.1 Å². The van der Waals surface area contributed by atoms with Crippen LogP contribution in [0.5, 0.6) is 5.75 Å². The topological polar surface area (TPSA) is 25.0 Å². The molecule has 1 atom stereocenters. The van der Waals surface area contributed by atoms with Gasteiger partial charge in [0.25, 0.3) is 0 Å². The lowest BCUT2D eigenvalue weighted by atomic mass is 10.0. The summed E-state index contributed by atoms with van der Waals surface area (Å²) in [5, 5.41) is 0. The van der Waals surface area contributed by atoms with E-state index in [0.29, 0.717) is 0 Å². The van der Waals surface area contributed by atoms with Gasteiger partial charge < -0.3 is 9.47 Å². The molecule has 0 saturated carbocycles. The van der Waals surface area contributed by atoms with Crippen molar-refractivity contribution in [2.75, 3.05) is 13.7 Å². The maximum atomic E-state index is 5.42. The van der Waals surface area contributed by atoms with E-state index in [9.17, 15) is 0 Å². The van der Waals surface area contributed by atoms with Crippen molar-refractivity contribution in [3.8, 4) is 5.75 Å². The molecule has 1 fully saturated rings. The van der Waals surface area contributed by atoms with Gasteiger partial charge in [0.1, 0.15) is 12.0 Å². The predicted molar refractivity (Wildman–Crippen MR) is 68.0 cm³/mol. The summed E-state index contributed by atoms with van der Waals surface area (Å²) >= 11 is 0. The molecule has 2 rings (SSSR count). The summed E-state index contributed by atoms with van der Waals surface area (Å²) in [5.41, 5.74) is 1.41. The van der Waals surface area contributed by atoms with Crippen LogP contribution in [-0.2, 0) is 11.3 Å². The fourth-order valence-electron chi connectivity index (χ4n) is 1.92. The molecule has 1 unspecified atom stereocenters. The first-order chi connectivity index (χ1) is 8.00. The van der Waals surface area contributed by atoms with Gasteiger partial charge in [-0.1, -0.05) is 12.1 Å². The third-order valence-corrected chi connectivity index (χ3v) is 3.04. The second-order valence-electron chi connectivity index (χ2n) is 5.43. The smallest absolute Gasteiger partial charge is 0.135 e. The van der Waals surface area contributed by atoms with E-state index in [0.717, 1.165) is 18.9 Å². The van der Waals surface area contributed by atoms with E-state index in [-0.39, 0.29) is 11.8 Å². The molecular weight excluding hydrogens is 214 g/mol. The molecule has 0 spiro atoms. The molecular formula is C14H21NO2. The molecule has 0 aliphatic carbocycles. The minimum atomic E-state index is 0.126. The van der Waals surface area contributed by atoms with Gasteiger partial charge in [-0.3, -0.25) is 4.90 Å². The van der Waals surface area contributed by atoms with Gasteiger partial charge in [0.05, 0.1) is 13.7 Å². The molecule has 17 heavy (non-hydrogen) atoms. The summed E-state index contributed by atoms with van der Waals surface area (Å²) in [6.07, 6.45) is 0.289. The Hall–Kier alpha value is -1.06. The fourth-order valence-corrected chi connectivity index (χ4v) is 1.92. The first-order valence-corrected chi connectivity index (χ1v) is 6.02. The number of rotatable bonds is 4. The zero-order valence-corrected chi connectivity index (χ0v) is 11.1. The second kappa shape index (κ2) is 4.67. The molecule has 0 radical (unpaired) electrons. The van der Waals surface area contributed by atoms with E-state index in [4.69, 9.17) is 9.47 Å². The van der Waals surface area contributed by atoms with Crippen LogP contribution in [0.1, 0.15) is 26.3 Å². The Morgan fingerprint density at radius 2 is 1.88 bits per heavy atom. The summed E-state index contributed by atoms with van der Waals surface area (Å²) in [6, 6.07) is 8.23. The molecule has 1 heterocycles. The van der Waals surface area contributed by atoms with Crippen molar-refractivity contribution in [3.05, 3.63) is 29.8 Å². The Bertz CT molecular complexity index is 363. The third kappa shape index (κ3) is 3.20. The van der Waals surface area contributed by atoms with Crippen LogP contribution in [0.25, 0.3) is 0 Å². The molecule has 0 bridgehead atoms.